The SMILES string of the molecule is CC(C)c1ccc(-c2cnc(CNN3CCOCC3)s2)cc1. The Hall–Kier alpha value is -1.27. The number of aromatic nitrogens is 1. The van der Waals surface area contributed by atoms with E-state index in [1.54, 1.807) is 11.3 Å². The third kappa shape index (κ3) is 3.93. The fourth-order valence-electron chi connectivity index (χ4n) is 2.46. The molecule has 2 aromatic rings. The highest BCUT2D eigenvalue weighted by molar-refractivity contribution is 7.15. The summed E-state index contributed by atoms with van der Waals surface area (Å²) in [6.07, 6.45) is 1.98. The van der Waals surface area contributed by atoms with Crippen LogP contribution in [0.2, 0.25) is 0 Å². The van der Waals surface area contributed by atoms with Crippen LogP contribution in [0.3, 0.4) is 0 Å². The lowest BCUT2D eigenvalue weighted by Gasteiger charge is -2.26. The molecule has 5 heteroatoms. The van der Waals surface area contributed by atoms with Crippen molar-refractivity contribution in [3.63, 3.8) is 0 Å². The van der Waals surface area contributed by atoms with Crippen LogP contribution in [-0.4, -0.2) is 36.3 Å². The molecule has 3 rings (SSSR count). The van der Waals surface area contributed by atoms with Gasteiger partial charge in [-0.15, -0.1) is 11.3 Å². The summed E-state index contributed by atoms with van der Waals surface area (Å²) in [5.74, 6) is 0.573. The first kappa shape index (κ1) is 15.6. The number of hydrogen-bond donors (Lipinski definition) is 1. The molecule has 1 aromatic carbocycles. The molecule has 0 bridgehead atoms. The van der Waals surface area contributed by atoms with Crippen LogP contribution in [0.15, 0.2) is 30.5 Å². The molecule has 1 aromatic heterocycles. The molecule has 0 atom stereocenters. The molecule has 0 saturated carbocycles. The van der Waals surface area contributed by atoms with Crippen molar-refractivity contribution in [3.8, 4) is 10.4 Å². The van der Waals surface area contributed by atoms with Crippen molar-refractivity contribution in [2.45, 2.75) is 26.3 Å². The van der Waals surface area contributed by atoms with Gasteiger partial charge in [-0.25, -0.2) is 15.4 Å². The maximum atomic E-state index is 5.35. The number of morpholine rings is 1. The predicted molar refractivity (Wildman–Crippen MR) is 90.9 cm³/mol. The van der Waals surface area contributed by atoms with Gasteiger partial charge < -0.3 is 4.74 Å². The summed E-state index contributed by atoms with van der Waals surface area (Å²) in [5, 5.41) is 3.33. The minimum atomic E-state index is 0.573. The minimum Gasteiger partial charge on any atom is -0.379 e. The van der Waals surface area contributed by atoms with E-state index in [-0.39, 0.29) is 0 Å². The summed E-state index contributed by atoms with van der Waals surface area (Å²) in [6, 6.07) is 8.82. The second kappa shape index (κ2) is 7.33. The average Bonchev–Trinajstić information content (AvgIpc) is 3.03. The number of nitrogens with zero attached hydrogens (tertiary/aromatic N) is 2. The van der Waals surface area contributed by atoms with Crippen LogP contribution in [0.4, 0.5) is 0 Å². The predicted octanol–water partition coefficient (Wildman–Crippen LogP) is 3.27. The lowest BCUT2D eigenvalue weighted by molar-refractivity contribution is 0.0105. The molecule has 1 fully saturated rings. The Kier molecular flexibility index (Phi) is 5.20. The Balaban J connectivity index is 1.60. The van der Waals surface area contributed by atoms with E-state index >= 15 is 0 Å². The molecule has 0 unspecified atom stereocenters. The first-order valence-corrected chi connectivity index (χ1v) is 8.65. The van der Waals surface area contributed by atoms with Gasteiger partial charge in [0.1, 0.15) is 5.01 Å². The molecular formula is C17H23N3OS. The molecule has 0 amide bonds. The van der Waals surface area contributed by atoms with E-state index in [2.05, 4.69) is 53.5 Å². The second-order valence-corrected chi connectivity index (χ2v) is 6.94. The molecule has 0 spiro atoms. The number of hydrogen-bond acceptors (Lipinski definition) is 5. The highest BCUT2D eigenvalue weighted by Gasteiger charge is 2.11. The van der Waals surface area contributed by atoms with E-state index in [1.165, 1.54) is 16.0 Å². The minimum absolute atomic E-state index is 0.573. The van der Waals surface area contributed by atoms with Crippen molar-refractivity contribution < 1.29 is 4.74 Å². The van der Waals surface area contributed by atoms with Crippen LogP contribution < -0.4 is 5.43 Å². The first-order valence-electron chi connectivity index (χ1n) is 7.83. The van der Waals surface area contributed by atoms with Crippen molar-refractivity contribution in [1.82, 2.24) is 15.4 Å². The van der Waals surface area contributed by atoms with Crippen LogP contribution >= 0.6 is 11.3 Å². The lowest BCUT2D eigenvalue weighted by atomic mass is 10.0. The summed E-state index contributed by atoms with van der Waals surface area (Å²) in [5.41, 5.74) is 6.05. The summed E-state index contributed by atoms with van der Waals surface area (Å²) in [4.78, 5) is 5.76. The van der Waals surface area contributed by atoms with Crippen molar-refractivity contribution in [2.75, 3.05) is 26.3 Å². The zero-order chi connectivity index (χ0) is 15.4. The Morgan fingerprint density at radius 1 is 1.23 bits per heavy atom. The van der Waals surface area contributed by atoms with Crippen LogP contribution in [-0.2, 0) is 11.3 Å². The van der Waals surface area contributed by atoms with E-state index in [9.17, 15) is 0 Å². The lowest BCUT2D eigenvalue weighted by Crippen LogP contribution is -2.45. The van der Waals surface area contributed by atoms with E-state index in [1.807, 2.05) is 6.20 Å². The molecule has 1 saturated heterocycles. The molecule has 1 N–H and O–H groups in total. The molecule has 1 aliphatic heterocycles. The summed E-state index contributed by atoms with van der Waals surface area (Å²) >= 11 is 1.76. The summed E-state index contributed by atoms with van der Waals surface area (Å²) in [6.45, 7) is 8.71. The molecule has 22 heavy (non-hydrogen) atoms. The van der Waals surface area contributed by atoms with Crippen LogP contribution in [0.25, 0.3) is 10.4 Å². The molecule has 118 valence electrons. The van der Waals surface area contributed by atoms with Crippen LogP contribution in [0.1, 0.15) is 30.3 Å². The van der Waals surface area contributed by atoms with Gasteiger partial charge in [-0.2, -0.15) is 0 Å². The van der Waals surface area contributed by atoms with E-state index in [0.29, 0.717) is 5.92 Å². The number of benzene rings is 1. The maximum absolute atomic E-state index is 5.35. The topological polar surface area (TPSA) is 37.4 Å². The first-order chi connectivity index (χ1) is 10.7. The van der Waals surface area contributed by atoms with Gasteiger partial charge >= 0.3 is 0 Å². The number of ether oxygens (including phenoxy) is 1. The monoisotopic (exact) mass is 317 g/mol. The highest BCUT2D eigenvalue weighted by atomic mass is 32.1. The number of hydrazine groups is 1. The Labute approximate surface area is 136 Å². The summed E-state index contributed by atoms with van der Waals surface area (Å²) < 4.78 is 5.35. The normalized spacial score (nSPS) is 16.3. The zero-order valence-electron chi connectivity index (χ0n) is 13.2. The molecule has 0 radical (unpaired) electrons. The van der Waals surface area contributed by atoms with Gasteiger partial charge in [-0.1, -0.05) is 38.1 Å². The van der Waals surface area contributed by atoms with Gasteiger partial charge in [0.15, 0.2) is 0 Å². The quantitative estimate of drug-likeness (QED) is 0.918. The van der Waals surface area contributed by atoms with Crippen molar-refractivity contribution in [3.05, 3.63) is 41.0 Å². The zero-order valence-corrected chi connectivity index (χ0v) is 14.0. The average molecular weight is 317 g/mol. The van der Waals surface area contributed by atoms with Gasteiger partial charge in [0, 0.05) is 19.3 Å². The van der Waals surface area contributed by atoms with E-state index < -0.39 is 0 Å². The van der Waals surface area contributed by atoms with Gasteiger partial charge in [-0.3, -0.25) is 0 Å². The largest absolute Gasteiger partial charge is 0.379 e. The number of thiazole rings is 1. The molecule has 0 aliphatic carbocycles. The highest BCUT2D eigenvalue weighted by Crippen LogP contribution is 2.27. The Bertz CT molecular complexity index is 588. The van der Waals surface area contributed by atoms with Crippen LogP contribution in [0.5, 0.6) is 0 Å². The third-order valence-corrected chi connectivity index (χ3v) is 4.93. The van der Waals surface area contributed by atoms with E-state index in [0.717, 1.165) is 37.9 Å². The van der Waals surface area contributed by atoms with Crippen molar-refractivity contribution >= 4 is 11.3 Å². The molecular weight excluding hydrogens is 294 g/mol. The third-order valence-electron chi connectivity index (χ3n) is 3.88. The van der Waals surface area contributed by atoms with Crippen LogP contribution in [0, 0.1) is 0 Å². The fraction of sp³-hybridized carbons (Fsp3) is 0.471. The fourth-order valence-corrected chi connectivity index (χ4v) is 3.31. The Morgan fingerprint density at radius 2 is 1.95 bits per heavy atom. The molecule has 1 aliphatic rings. The standard InChI is InChI=1S/C17H23N3OS/c1-13(2)14-3-5-15(6-4-14)16-11-18-17(22-16)12-19-20-7-9-21-10-8-20/h3-6,11,13,19H,7-10,12H2,1-2H3. The van der Waals surface area contributed by atoms with Gasteiger partial charge in [0.25, 0.3) is 0 Å². The number of rotatable bonds is 5. The smallest absolute Gasteiger partial charge is 0.108 e. The summed E-state index contributed by atoms with van der Waals surface area (Å²) in [7, 11) is 0. The van der Waals surface area contributed by atoms with Crippen molar-refractivity contribution in [1.29, 1.82) is 0 Å². The van der Waals surface area contributed by atoms with Crippen molar-refractivity contribution in [2.24, 2.45) is 0 Å². The molecule has 2 heterocycles. The van der Waals surface area contributed by atoms with Gasteiger partial charge in [0.05, 0.1) is 24.6 Å². The molecule has 4 nitrogen and oxygen atoms in total. The number of nitrogens with one attached hydrogen (secondary N) is 1. The van der Waals surface area contributed by atoms with Gasteiger partial charge in [-0.05, 0) is 17.0 Å². The second-order valence-electron chi connectivity index (χ2n) is 5.83. The maximum Gasteiger partial charge on any atom is 0.108 e. The van der Waals surface area contributed by atoms with Gasteiger partial charge in [0.2, 0.25) is 0 Å². The van der Waals surface area contributed by atoms with E-state index in [4.69, 9.17) is 4.74 Å². The Morgan fingerprint density at radius 3 is 2.64 bits per heavy atom.